The first-order valence-electron chi connectivity index (χ1n) is 9.54. The minimum Gasteiger partial charge on any atom is -0.484 e. The van der Waals surface area contributed by atoms with Gasteiger partial charge in [-0.2, -0.15) is 0 Å². The van der Waals surface area contributed by atoms with Crippen molar-refractivity contribution in [3.63, 3.8) is 0 Å². The highest BCUT2D eigenvalue weighted by Crippen LogP contribution is 2.36. The monoisotopic (exact) mass is 433 g/mol. The van der Waals surface area contributed by atoms with Crippen molar-refractivity contribution in [3.05, 3.63) is 42.5 Å². The lowest BCUT2D eigenvalue weighted by Gasteiger charge is -2.16. The summed E-state index contributed by atoms with van der Waals surface area (Å²) in [7, 11) is 1.77. The van der Waals surface area contributed by atoms with E-state index in [0.717, 1.165) is 12.8 Å². The molecule has 1 amide bonds. The summed E-state index contributed by atoms with van der Waals surface area (Å²) in [4.78, 5) is 18.3. The van der Waals surface area contributed by atoms with Gasteiger partial charge in [-0.05, 0) is 49.2 Å². The van der Waals surface area contributed by atoms with Gasteiger partial charge in [-0.15, -0.1) is 13.2 Å². The molecular formula is C21H20F3N4O3+. The van der Waals surface area contributed by atoms with Crippen molar-refractivity contribution < 1.29 is 32.0 Å². The third-order valence-corrected chi connectivity index (χ3v) is 4.91. The zero-order valence-corrected chi connectivity index (χ0v) is 16.6. The second-order valence-electron chi connectivity index (χ2n) is 7.24. The van der Waals surface area contributed by atoms with Gasteiger partial charge in [0.05, 0.1) is 5.69 Å². The first kappa shape index (κ1) is 20.7. The third-order valence-electron chi connectivity index (χ3n) is 4.91. The number of ether oxygens (including phenoxy) is 2. The van der Waals surface area contributed by atoms with Crippen molar-refractivity contribution in [1.82, 2.24) is 4.90 Å². The minimum atomic E-state index is -4.74. The van der Waals surface area contributed by atoms with Crippen molar-refractivity contribution in [3.8, 4) is 11.5 Å². The van der Waals surface area contributed by atoms with E-state index in [-0.39, 0.29) is 18.3 Å². The fraction of sp³-hybridized carbons (Fsp3) is 0.286. The maximum absolute atomic E-state index is 12.3. The number of halogens is 3. The average Bonchev–Trinajstić information content (AvgIpc) is 3.52. The Kier molecular flexibility index (Phi) is 5.30. The number of likely N-dealkylation sites (N-methyl/N-ethyl adjacent to an activating group) is 1. The lowest BCUT2D eigenvalue weighted by Crippen LogP contribution is -2.33. The van der Waals surface area contributed by atoms with Gasteiger partial charge < -0.3 is 14.4 Å². The Morgan fingerprint density at radius 3 is 2.55 bits per heavy atom. The maximum atomic E-state index is 12.3. The van der Waals surface area contributed by atoms with Crippen molar-refractivity contribution in [2.75, 3.05) is 19.0 Å². The number of hydrogen-bond donors (Lipinski definition) is 1. The molecule has 162 valence electrons. The molecule has 0 unspecified atom stereocenters. The van der Waals surface area contributed by atoms with Gasteiger partial charge in [-0.3, -0.25) is 4.79 Å². The van der Waals surface area contributed by atoms with Crippen LogP contribution in [0.5, 0.6) is 11.5 Å². The van der Waals surface area contributed by atoms with E-state index in [2.05, 4.69) is 21.8 Å². The van der Waals surface area contributed by atoms with Crippen LogP contribution in [0.15, 0.2) is 47.5 Å². The van der Waals surface area contributed by atoms with Crippen molar-refractivity contribution in [1.29, 1.82) is 0 Å². The van der Waals surface area contributed by atoms with Crippen LogP contribution in [0.4, 0.5) is 30.2 Å². The molecule has 31 heavy (non-hydrogen) atoms. The second-order valence-corrected chi connectivity index (χ2v) is 7.24. The molecule has 0 atom stereocenters. The molecule has 0 bridgehead atoms. The van der Waals surface area contributed by atoms with E-state index in [1.54, 1.807) is 34.7 Å². The summed E-state index contributed by atoms with van der Waals surface area (Å²) in [5.74, 6) is 0.500. The Hall–Kier alpha value is -3.56. The Morgan fingerprint density at radius 2 is 1.90 bits per heavy atom. The first-order chi connectivity index (χ1) is 14.7. The quantitative estimate of drug-likeness (QED) is 0.699. The summed E-state index contributed by atoms with van der Waals surface area (Å²) >= 11 is 0. The van der Waals surface area contributed by atoms with Gasteiger partial charge in [0.2, 0.25) is 0 Å². The molecule has 1 saturated carbocycles. The van der Waals surface area contributed by atoms with E-state index in [4.69, 9.17) is 4.74 Å². The predicted molar refractivity (Wildman–Crippen MR) is 109 cm³/mol. The van der Waals surface area contributed by atoms with Crippen molar-refractivity contribution in [2.24, 2.45) is 4.99 Å². The van der Waals surface area contributed by atoms with Gasteiger partial charge in [-0.1, -0.05) is 4.99 Å². The number of carbonyl (C=O) groups excluding carboxylic acids is 1. The van der Waals surface area contributed by atoms with Crippen LogP contribution in [-0.2, 0) is 4.79 Å². The number of benzene rings is 2. The lowest BCUT2D eigenvalue weighted by atomic mass is 10.2. The molecule has 1 heterocycles. The molecule has 1 aliphatic heterocycles. The predicted octanol–water partition coefficient (Wildman–Crippen LogP) is 4.04. The van der Waals surface area contributed by atoms with Gasteiger partial charge in [0, 0.05) is 25.9 Å². The standard InChI is InChI=1S/C21H20F3N4O3/c1-27(14-5-6-14)19(29)12-30-16-9-10-18-17(11-16)26-20(28(18)2)25-13-3-7-15(8-4-13)31-21(22,23)24/h3-4,7-11,14H,2,5-6,12H2,1H3,(H,25,26)/q+1. The van der Waals surface area contributed by atoms with Crippen molar-refractivity contribution >= 4 is 35.6 Å². The summed E-state index contributed by atoms with van der Waals surface area (Å²) in [6.07, 6.45) is -2.68. The molecule has 0 spiro atoms. The lowest BCUT2D eigenvalue weighted by molar-refractivity contribution is -0.289. The largest absolute Gasteiger partial charge is 0.573 e. The van der Waals surface area contributed by atoms with Gasteiger partial charge in [0.25, 0.3) is 5.91 Å². The highest BCUT2D eigenvalue weighted by molar-refractivity contribution is 5.96. The van der Waals surface area contributed by atoms with Gasteiger partial charge in [0.15, 0.2) is 12.3 Å². The van der Waals surface area contributed by atoms with E-state index >= 15 is 0 Å². The van der Waals surface area contributed by atoms with Gasteiger partial charge in [0.1, 0.15) is 17.2 Å². The molecule has 1 aliphatic carbocycles. The van der Waals surface area contributed by atoms with Crippen LogP contribution >= 0.6 is 0 Å². The van der Waals surface area contributed by atoms with E-state index in [1.165, 1.54) is 24.3 Å². The Bertz CT molecular complexity index is 1050. The summed E-state index contributed by atoms with van der Waals surface area (Å²) in [5.41, 5.74) is 1.82. The number of amides is 1. The van der Waals surface area contributed by atoms with Crippen LogP contribution in [0.2, 0.25) is 0 Å². The summed E-state index contributed by atoms with van der Waals surface area (Å²) in [5, 5.41) is 3.01. The van der Waals surface area contributed by atoms with Crippen LogP contribution in [0, 0.1) is 0 Å². The molecule has 0 aromatic heterocycles. The van der Waals surface area contributed by atoms with Crippen LogP contribution in [0.25, 0.3) is 0 Å². The van der Waals surface area contributed by atoms with Crippen molar-refractivity contribution in [2.45, 2.75) is 25.2 Å². The molecule has 7 nitrogen and oxygen atoms in total. The molecule has 2 aromatic rings. The number of rotatable bonds is 6. The zero-order valence-electron chi connectivity index (χ0n) is 16.6. The molecule has 2 aromatic carbocycles. The van der Waals surface area contributed by atoms with Crippen LogP contribution in [0.3, 0.4) is 0 Å². The molecule has 10 heteroatoms. The fourth-order valence-corrected chi connectivity index (χ4v) is 3.08. The second kappa shape index (κ2) is 7.93. The van der Waals surface area contributed by atoms with Gasteiger partial charge >= 0.3 is 12.3 Å². The van der Waals surface area contributed by atoms with Crippen LogP contribution < -0.4 is 14.8 Å². The fourth-order valence-electron chi connectivity index (χ4n) is 3.08. The molecule has 0 saturated heterocycles. The Labute approximate surface area is 176 Å². The summed E-state index contributed by atoms with van der Waals surface area (Å²) in [6.45, 7) is 3.89. The number of alkyl halides is 3. The van der Waals surface area contributed by atoms with Crippen LogP contribution in [-0.4, -0.2) is 54.1 Å². The number of guanidine groups is 1. The maximum Gasteiger partial charge on any atom is 0.573 e. The molecule has 4 rings (SSSR count). The Balaban J connectivity index is 1.40. The molecule has 0 radical (unpaired) electrons. The van der Waals surface area contributed by atoms with E-state index in [9.17, 15) is 18.0 Å². The van der Waals surface area contributed by atoms with E-state index in [1.807, 2.05) is 0 Å². The third kappa shape index (κ3) is 4.96. The van der Waals surface area contributed by atoms with Crippen LogP contribution in [0.1, 0.15) is 12.8 Å². The number of anilines is 1. The van der Waals surface area contributed by atoms with E-state index in [0.29, 0.717) is 34.8 Å². The normalized spacial score (nSPS) is 15.2. The van der Waals surface area contributed by atoms with Gasteiger partial charge in [-0.25, -0.2) is 9.89 Å². The number of hydrogen-bond acceptors (Lipinski definition) is 5. The smallest absolute Gasteiger partial charge is 0.484 e. The molecule has 1 fully saturated rings. The highest BCUT2D eigenvalue weighted by Gasteiger charge is 2.32. The minimum absolute atomic E-state index is 0.0545. The summed E-state index contributed by atoms with van der Waals surface area (Å²) < 4.78 is 47.9. The highest BCUT2D eigenvalue weighted by atomic mass is 19.4. The SMILES string of the molecule is C=[N+]1C(Nc2ccc(OC(F)(F)F)cc2)=Nc2cc(OCC(=O)N(C)C3CC3)ccc21. The first-order valence-corrected chi connectivity index (χ1v) is 9.54. The number of carbonyl (C=O) groups is 1. The summed E-state index contributed by atoms with van der Waals surface area (Å²) in [6, 6.07) is 10.8. The molecule has 2 aliphatic rings. The topological polar surface area (TPSA) is 66.2 Å². The molecular weight excluding hydrogens is 413 g/mol. The number of nitrogens with one attached hydrogen (secondary N) is 1. The van der Waals surface area contributed by atoms with E-state index < -0.39 is 6.36 Å². The zero-order chi connectivity index (χ0) is 22.2. The number of fused-ring (bicyclic) bond motifs is 1. The number of aliphatic imine (C=N–C) groups is 1. The molecule has 1 N–H and O–H groups in total. The average molecular weight is 433 g/mol. The number of nitrogens with zero attached hydrogens (tertiary/aromatic N) is 3. The Morgan fingerprint density at radius 1 is 1.23 bits per heavy atom.